The third-order valence-corrected chi connectivity index (χ3v) is 3.47. The van der Waals surface area contributed by atoms with Crippen LogP contribution in [-0.4, -0.2) is 44.7 Å². The first kappa shape index (κ1) is 25.6. The fraction of sp³-hybridized carbons (Fsp3) is 0.556. The van der Waals surface area contributed by atoms with Gasteiger partial charge in [-0.05, 0) is 45.4 Å². The first-order valence-electron chi connectivity index (χ1n) is 8.45. The van der Waals surface area contributed by atoms with E-state index in [0.29, 0.717) is 35.6 Å². The average molecular weight is 513 g/mol. The molecule has 0 aromatic heterocycles. The van der Waals surface area contributed by atoms with Crippen LogP contribution >= 0.6 is 35.6 Å². The zero-order valence-corrected chi connectivity index (χ0v) is 19.8. The topological polar surface area (TPSA) is 84.0 Å². The molecule has 0 spiro atoms. The summed E-state index contributed by atoms with van der Waals surface area (Å²) in [5, 5.41) is 9.48. The third-order valence-electron chi connectivity index (χ3n) is 3.19. The van der Waals surface area contributed by atoms with Crippen molar-refractivity contribution in [2.75, 3.05) is 27.3 Å². The normalized spacial score (nSPS) is 11.3. The number of carbonyl (C=O) groups is 1. The molecule has 1 amide bonds. The van der Waals surface area contributed by atoms with Crippen LogP contribution in [0.3, 0.4) is 0 Å². The molecule has 3 N–H and O–H groups in total. The molecule has 9 heteroatoms. The summed E-state index contributed by atoms with van der Waals surface area (Å²) in [6.07, 6.45) is 0. The second-order valence-corrected chi connectivity index (χ2v) is 7.03. The molecule has 7 nitrogen and oxygen atoms in total. The minimum atomic E-state index is -0.272. The predicted molar refractivity (Wildman–Crippen MR) is 121 cm³/mol. The maximum atomic E-state index is 11.9. The van der Waals surface area contributed by atoms with Crippen molar-refractivity contribution in [3.8, 4) is 11.5 Å². The highest BCUT2D eigenvalue weighted by molar-refractivity contribution is 14.0. The van der Waals surface area contributed by atoms with E-state index in [9.17, 15) is 4.79 Å². The number of guanidine groups is 1. The zero-order valence-electron chi connectivity index (χ0n) is 16.7. The van der Waals surface area contributed by atoms with Gasteiger partial charge in [0.1, 0.15) is 0 Å². The first-order valence-corrected chi connectivity index (χ1v) is 8.82. The molecule has 0 saturated carbocycles. The van der Waals surface area contributed by atoms with Crippen LogP contribution in [0.2, 0.25) is 5.02 Å². The van der Waals surface area contributed by atoms with Crippen LogP contribution < -0.4 is 25.4 Å². The molecule has 1 aromatic carbocycles. The Morgan fingerprint density at radius 1 is 1.26 bits per heavy atom. The highest BCUT2D eigenvalue weighted by Gasteiger charge is 2.14. The molecule has 0 atom stereocenters. The molecule has 1 rings (SSSR count). The number of nitrogens with one attached hydrogen (secondary N) is 3. The maximum absolute atomic E-state index is 11.9. The van der Waals surface area contributed by atoms with Gasteiger partial charge in [0.25, 0.3) is 0 Å². The summed E-state index contributed by atoms with van der Waals surface area (Å²) >= 11 is 6.27. The minimum Gasteiger partial charge on any atom is -0.493 e. The monoisotopic (exact) mass is 512 g/mol. The van der Waals surface area contributed by atoms with Gasteiger partial charge in [-0.2, -0.15) is 0 Å². The standard InChI is InChI=1S/C18H29ClN4O3.HI/c1-7-26-16-13(19)8-12(9-14(16)25-6)10-21-17(20-5)22-11-15(24)23-18(2,3)4;/h8-9H,7,10-11H2,1-6H3,(H,23,24)(H2,20,21,22);1H. The molecule has 0 aliphatic carbocycles. The van der Waals surface area contributed by atoms with Gasteiger partial charge >= 0.3 is 0 Å². The lowest BCUT2D eigenvalue weighted by atomic mass is 10.1. The van der Waals surface area contributed by atoms with Crippen molar-refractivity contribution in [1.82, 2.24) is 16.0 Å². The number of carbonyl (C=O) groups excluding carboxylic acids is 1. The second kappa shape index (κ2) is 12.1. The van der Waals surface area contributed by atoms with Crippen LogP contribution in [0.15, 0.2) is 17.1 Å². The Labute approximate surface area is 183 Å². The third kappa shape index (κ3) is 9.37. The van der Waals surface area contributed by atoms with E-state index in [1.54, 1.807) is 14.2 Å². The highest BCUT2D eigenvalue weighted by Crippen LogP contribution is 2.36. The summed E-state index contributed by atoms with van der Waals surface area (Å²) < 4.78 is 10.8. The molecular formula is C18H30ClIN4O3. The van der Waals surface area contributed by atoms with Crippen molar-refractivity contribution in [2.45, 2.75) is 39.8 Å². The Bertz CT molecular complexity index is 648. The Morgan fingerprint density at radius 2 is 1.93 bits per heavy atom. The molecular weight excluding hydrogens is 483 g/mol. The number of methoxy groups -OCH3 is 1. The van der Waals surface area contributed by atoms with Crippen molar-refractivity contribution >= 4 is 47.4 Å². The number of benzene rings is 1. The van der Waals surface area contributed by atoms with Crippen LogP contribution in [0, 0.1) is 0 Å². The molecule has 0 aliphatic rings. The number of halogens is 2. The number of ether oxygens (including phenoxy) is 2. The van der Waals surface area contributed by atoms with Crippen molar-refractivity contribution in [1.29, 1.82) is 0 Å². The lowest BCUT2D eigenvalue weighted by Crippen LogP contribution is -2.48. The van der Waals surface area contributed by atoms with Gasteiger partial charge in [-0.15, -0.1) is 24.0 Å². The minimum absolute atomic E-state index is 0. The number of amides is 1. The van der Waals surface area contributed by atoms with Crippen LogP contribution in [-0.2, 0) is 11.3 Å². The molecule has 154 valence electrons. The summed E-state index contributed by atoms with van der Waals surface area (Å²) in [6, 6.07) is 3.66. The SMILES string of the molecule is CCOc1c(Cl)cc(CNC(=NC)NCC(=O)NC(C)(C)C)cc1OC.I. The Morgan fingerprint density at radius 3 is 2.44 bits per heavy atom. The van der Waals surface area contributed by atoms with Gasteiger partial charge in [0.15, 0.2) is 17.5 Å². The van der Waals surface area contributed by atoms with Crippen molar-refractivity contribution < 1.29 is 14.3 Å². The molecule has 0 aliphatic heterocycles. The summed E-state index contributed by atoms with van der Waals surface area (Å²) in [4.78, 5) is 16.0. The largest absolute Gasteiger partial charge is 0.493 e. The zero-order chi connectivity index (χ0) is 19.7. The lowest BCUT2D eigenvalue weighted by molar-refractivity contribution is -0.121. The number of rotatable bonds is 7. The fourth-order valence-corrected chi connectivity index (χ4v) is 2.48. The fourth-order valence-electron chi connectivity index (χ4n) is 2.19. The number of aliphatic imine (C=N–C) groups is 1. The maximum Gasteiger partial charge on any atom is 0.239 e. The molecule has 0 bridgehead atoms. The van der Waals surface area contributed by atoms with Gasteiger partial charge in [0.05, 0.1) is 25.3 Å². The van der Waals surface area contributed by atoms with E-state index in [2.05, 4.69) is 20.9 Å². The van der Waals surface area contributed by atoms with E-state index in [1.165, 1.54) is 0 Å². The van der Waals surface area contributed by atoms with Crippen LogP contribution in [0.25, 0.3) is 0 Å². The smallest absolute Gasteiger partial charge is 0.239 e. The van der Waals surface area contributed by atoms with E-state index in [4.69, 9.17) is 21.1 Å². The highest BCUT2D eigenvalue weighted by atomic mass is 127. The van der Waals surface area contributed by atoms with E-state index >= 15 is 0 Å². The Balaban J connectivity index is 0.00000676. The predicted octanol–water partition coefficient (Wildman–Crippen LogP) is 2.95. The molecule has 0 unspecified atom stereocenters. The van der Waals surface area contributed by atoms with Gasteiger partial charge in [-0.25, -0.2) is 0 Å². The van der Waals surface area contributed by atoms with Gasteiger partial charge in [-0.3, -0.25) is 9.79 Å². The lowest BCUT2D eigenvalue weighted by Gasteiger charge is -2.21. The van der Waals surface area contributed by atoms with Crippen molar-refractivity contribution in [3.05, 3.63) is 22.7 Å². The summed E-state index contributed by atoms with van der Waals surface area (Å²) in [6.45, 7) is 8.77. The first-order chi connectivity index (χ1) is 12.2. The van der Waals surface area contributed by atoms with Crippen molar-refractivity contribution in [3.63, 3.8) is 0 Å². The summed E-state index contributed by atoms with van der Waals surface area (Å²) in [5.41, 5.74) is 0.628. The van der Waals surface area contributed by atoms with Crippen LogP contribution in [0.1, 0.15) is 33.3 Å². The molecule has 1 aromatic rings. The molecule has 27 heavy (non-hydrogen) atoms. The van der Waals surface area contributed by atoms with Gasteiger partial charge in [0.2, 0.25) is 5.91 Å². The van der Waals surface area contributed by atoms with Gasteiger partial charge < -0.3 is 25.4 Å². The quantitative estimate of drug-likeness (QED) is 0.297. The van der Waals surface area contributed by atoms with Gasteiger partial charge in [0, 0.05) is 19.1 Å². The van der Waals surface area contributed by atoms with E-state index in [0.717, 1.165) is 5.56 Å². The van der Waals surface area contributed by atoms with E-state index in [1.807, 2.05) is 39.8 Å². The number of nitrogens with zero attached hydrogens (tertiary/aromatic N) is 1. The molecule has 0 fully saturated rings. The van der Waals surface area contributed by atoms with Crippen LogP contribution in [0.4, 0.5) is 0 Å². The average Bonchev–Trinajstić information content (AvgIpc) is 2.55. The van der Waals surface area contributed by atoms with E-state index < -0.39 is 0 Å². The Hall–Kier alpha value is -1.42. The summed E-state index contributed by atoms with van der Waals surface area (Å²) in [5.74, 6) is 1.51. The van der Waals surface area contributed by atoms with Crippen LogP contribution in [0.5, 0.6) is 11.5 Å². The number of hydrogen-bond acceptors (Lipinski definition) is 4. The second-order valence-electron chi connectivity index (χ2n) is 6.62. The van der Waals surface area contributed by atoms with Crippen molar-refractivity contribution in [2.24, 2.45) is 4.99 Å². The summed E-state index contributed by atoms with van der Waals surface area (Å²) in [7, 11) is 3.21. The number of hydrogen-bond donors (Lipinski definition) is 3. The molecule has 0 heterocycles. The van der Waals surface area contributed by atoms with E-state index in [-0.39, 0.29) is 42.0 Å². The van der Waals surface area contributed by atoms with Gasteiger partial charge in [-0.1, -0.05) is 11.6 Å². The molecule has 0 saturated heterocycles. The Kier molecular flexibility index (Phi) is 11.5. The molecule has 0 radical (unpaired) electrons.